The predicted octanol–water partition coefficient (Wildman–Crippen LogP) is 1.55. The largest absolute Gasteiger partial charge is 0.334 e. The third-order valence-electron chi connectivity index (χ3n) is 1.89. The molecule has 2 aromatic rings. The van der Waals surface area contributed by atoms with E-state index in [-0.39, 0.29) is 0 Å². The monoisotopic (exact) mass is 156 g/mol. The first-order chi connectivity index (χ1) is 5.81. The predicted molar refractivity (Wildman–Crippen MR) is 48.6 cm³/mol. The zero-order valence-corrected chi connectivity index (χ0v) is 6.78. The molecule has 1 aromatic heterocycles. The van der Waals surface area contributed by atoms with Crippen LogP contribution in [0.3, 0.4) is 0 Å². The van der Waals surface area contributed by atoms with Gasteiger partial charge < -0.3 is 4.57 Å². The molecule has 0 bridgehead atoms. The molecule has 0 amide bonds. The molecular weight excluding hydrogens is 148 g/mol. The van der Waals surface area contributed by atoms with E-state index in [0.29, 0.717) is 0 Å². The van der Waals surface area contributed by atoms with E-state index in [1.807, 2.05) is 29.8 Å². The van der Waals surface area contributed by atoms with Gasteiger partial charge in [-0.2, -0.15) is 0 Å². The van der Waals surface area contributed by atoms with Crippen molar-refractivity contribution in [1.29, 1.82) is 0 Å². The highest BCUT2D eigenvalue weighted by atomic mass is 15.0. The maximum atomic E-state index is 5.26. The molecule has 2 rings (SSSR count). The molecule has 0 spiro atoms. The molecule has 0 fully saturated rings. The fourth-order valence-corrected chi connectivity index (χ4v) is 1.23. The Labute approximate surface area is 70.8 Å². The number of nitrogens with zero attached hydrogens (tertiary/aromatic N) is 2. The second kappa shape index (κ2) is 2.38. The van der Waals surface area contributed by atoms with Crippen LogP contribution in [0, 0.1) is 12.3 Å². The SMILES string of the molecule is C#Cc1ccc2c(c1)ncn2C. The Morgan fingerprint density at radius 2 is 2.33 bits per heavy atom. The van der Waals surface area contributed by atoms with Gasteiger partial charge in [0.25, 0.3) is 0 Å². The molecule has 0 aliphatic heterocycles. The second-order valence-electron chi connectivity index (χ2n) is 2.70. The number of rotatable bonds is 0. The quantitative estimate of drug-likeness (QED) is 0.529. The van der Waals surface area contributed by atoms with Crippen LogP contribution in [0.1, 0.15) is 5.56 Å². The summed E-state index contributed by atoms with van der Waals surface area (Å²) in [5, 5.41) is 0. The molecule has 0 aliphatic rings. The number of hydrogen-bond acceptors (Lipinski definition) is 1. The van der Waals surface area contributed by atoms with Crippen LogP contribution in [-0.2, 0) is 7.05 Å². The highest BCUT2D eigenvalue weighted by Gasteiger charge is 1.98. The smallest absolute Gasteiger partial charge is 0.0955 e. The van der Waals surface area contributed by atoms with Crippen LogP contribution in [0.25, 0.3) is 11.0 Å². The molecule has 0 saturated heterocycles. The number of aromatic nitrogens is 2. The average molecular weight is 156 g/mol. The van der Waals surface area contributed by atoms with Gasteiger partial charge in [-0.05, 0) is 18.2 Å². The highest BCUT2D eigenvalue weighted by molar-refractivity contribution is 5.76. The number of benzene rings is 1. The maximum absolute atomic E-state index is 5.26. The van der Waals surface area contributed by atoms with Crippen molar-refractivity contribution in [1.82, 2.24) is 9.55 Å². The van der Waals surface area contributed by atoms with E-state index < -0.39 is 0 Å². The number of imidazole rings is 1. The molecule has 0 saturated carbocycles. The zero-order valence-electron chi connectivity index (χ0n) is 6.78. The maximum Gasteiger partial charge on any atom is 0.0955 e. The fourth-order valence-electron chi connectivity index (χ4n) is 1.23. The van der Waals surface area contributed by atoms with Gasteiger partial charge in [-0.25, -0.2) is 4.98 Å². The fraction of sp³-hybridized carbons (Fsp3) is 0.100. The minimum Gasteiger partial charge on any atom is -0.334 e. The zero-order chi connectivity index (χ0) is 8.55. The summed E-state index contributed by atoms with van der Waals surface area (Å²) in [4.78, 5) is 4.19. The Morgan fingerprint density at radius 1 is 1.50 bits per heavy atom. The third kappa shape index (κ3) is 0.876. The number of fused-ring (bicyclic) bond motifs is 1. The molecule has 0 aliphatic carbocycles. The van der Waals surface area contributed by atoms with Crippen molar-refractivity contribution in [3.05, 3.63) is 30.1 Å². The minimum absolute atomic E-state index is 0.876. The minimum atomic E-state index is 0.876. The van der Waals surface area contributed by atoms with Crippen LogP contribution in [-0.4, -0.2) is 9.55 Å². The first-order valence-electron chi connectivity index (χ1n) is 3.69. The first-order valence-corrected chi connectivity index (χ1v) is 3.69. The van der Waals surface area contributed by atoms with E-state index in [1.165, 1.54) is 0 Å². The van der Waals surface area contributed by atoms with Crippen molar-refractivity contribution in [2.45, 2.75) is 0 Å². The normalized spacial score (nSPS) is 10.0. The van der Waals surface area contributed by atoms with Crippen molar-refractivity contribution in [2.75, 3.05) is 0 Å². The molecular formula is C10H8N2. The van der Waals surface area contributed by atoms with E-state index in [0.717, 1.165) is 16.6 Å². The van der Waals surface area contributed by atoms with E-state index in [2.05, 4.69) is 10.9 Å². The summed E-state index contributed by atoms with van der Waals surface area (Å²) in [5.41, 5.74) is 2.93. The lowest BCUT2D eigenvalue weighted by Crippen LogP contribution is -1.83. The lowest BCUT2D eigenvalue weighted by atomic mass is 10.2. The second-order valence-corrected chi connectivity index (χ2v) is 2.70. The molecule has 2 heteroatoms. The van der Waals surface area contributed by atoms with Crippen LogP contribution < -0.4 is 0 Å². The van der Waals surface area contributed by atoms with E-state index in [9.17, 15) is 0 Å². The van der Waals surface area contributed by atoms with Crippen LogP contribution in [0.4, 0.5) is 0 Å². The van der Waals surface area contributed by atoms with Crippen molar-refractivity contribution in [3.63, 3.8) is 0 Å². The highest BCUT2D eigenvalue weighted by Crippen LogP contribution is 2.12. The van der Waals surface area contributed by atoms with Crippen molar-refractivity contribution >= 4 is 11.0 Å². The van der Waals surface area contributed by atoms with Gasteiger partial charge in [-0.1, -0.05) is 5.92 Å². The molecule has 12 heavy (non-hydrogen) atoms. The van der Waals surface area contributed by atoms with Crippen molar-refractivity contribution < 1.29 is 0 Å². The molecule has 0 unspecified atom stereocenters. The Bertz CT molecular complexity index is 460. The summed E-state index contributed by atoms with van der Waals surface area (Å²) in [6.07, 6.45) is 7.05. The molecule has 58 valence electrons. The number of aryl methyl sites for hydroxylation is 1. The Hall–Kier alpha value is -1.75. The Kier molecular flexibility index (Phi) is 1.38. The van der Waals surface area contributed by atoms with E-state index >= 15 is 0 Å². The van der Waals surface area contributed by atoms with Gasteiger partial charge in [0.2, 0.25) is 0 Å². The van der Waals surface area contributed by atoms with E-state index in [4.69, 9.17) is 6.42 Å². The Balaban J connectivity index is 2.80. The van der Waals surface area contributed by atoms with Crippen LogP contribution >= 0.6 is 0 Å². The molecule has 1 aromatic carbocycles. The molecule has 1 heterocycles. The number of hydrogen-bond donors (Lipinski definition) is 0. The van der Waals surface area contributed by atoms with Crippen molar-refractivity contribution in [2.24, 2.45) is 7.05 Å². The van der Waals surface area contributed by atoms with E-state index in [1.54, 1.807) is 6.33 Å². The summed E-state index contributed by atoms with van der Waals surface area (Å²) < 4.78 is 1.97. The summed E-state index contributed by atoms with van der Waals surface area (Å²) in [6.45, 7) is 0. The molecule has 2 nitrogen and oxygen atoms in total. The summed E-state index contributed by atoms with van der Waals surface area (Å²) in [5.74, 6) is 2.58. The molecule has 0 radical (unpaired) electrons. The van der Waals surface area contributed by atoms with Crippen LogP contribution in [0.15, 0.2) is 24.5 Å². The lowest BCUT2D eigenvalue weighted by molar-refractivity contribution is 0.947. The average Bonchev–Trinajstić information content (AvgIpc) is 2.47. The first kappa shape index (κ1) is 6.93. The van der Waals surface area contributed by atoms with Gasteiger partial charge >= 0.3 is 0 Å². The summed E-state index contributed by atoms with van der Waals surface area (Å²) >= 11 is 0. The topological polar surface area (TPSA) is 17.8 Å². The number of terminal acetylenes is 1. The van der Waals surface area contributed by atoms with Gasteiger partial charge in [-0.15, -0.1) is 6.42 Å². The van der Waals surface area contributed by atoms with Gasteiger partial charge in [0.1, 0.15) is 0 Å². The van der Waals surface area contributed by atoms with Crippen molar-refractivity contribution in [3.8, 4) is 12.3 Å². The standard InChI is InChI=1S/C10H8N2/c1-3-8-4-5-10-9(6-8)11-7-12(10)2/h1,4-7H,2H3. The van der Waals surface area contributed by atoms with Crippen LogP contribution in [0.2, 0.25) is 0 Å². The molecule has 0 atom stereocenters. The Morgan fingerprint density at radius 3 is 3.08 bits per heavy atom. The third-order valence-corrected chi connectivity index (χ3v) is 1.89. The van der Waals surface area contributed by atoms with Gasteiger partial charge in [0, 0.05) is 12.6 Å². The lowest BCUT2D eigenvalue weighted by Gasteiger charge is -1.93. The van der Waals surface area contributed by atoms with Gasteiger partial charge in [-0.3, -0.25) is 0 Å². The molecule has 0 N–H and O–H groups in total. The summed E-state index contributed by atoms with van der Waals surface area (Å²) in [7, 11) is 1.96. The van der Waals surface area contributed by atoms with Crippen LogP contribution in [0.5, 0.6) is 0 Å². The summed E-state index contributed by atoms with van der Waals surface area (Å²) in [6, 6.07) is 5.82. The van der Waals surface area contributed by atoms with Gasteiger partial charge in [0.15, 0.2) is 0 Å². The van der Waals surface area contributed by atoms with Gasteiger partial charge in [0.05, 0.1) is 17.4 Å².